The molecule has 1 aromatic rings. The predicted molar refractivity (Wildman–Crippen MR) is 86.1 cm³/mol. The van der Waals surface area contributed by atoms with E-state index in [1.165, 1.54) is 27.2 Å². The maximum atomic E-state index is 12.1. The molecule has 2 N–H and O–H groups in total. The van der Waals surface area contributed by atoms with Crippen LogP contribution in [0.4, 0.5) is 0 Å². The minimum atomic E-state index is -0.730. The number of hydrogen-bond donors (Lipinski definition) is 2. The first-order chi connectivity index (χ1) is 11.4. The molecule has 0 radical (unpaired) electrons. The van der Waals surface area contributed by atoms with Crippen LogP contribution in [0.1, 0.15) is 24.2 Å². The quantitative estimate of drug-likeness (QED) is 0.669. The molecular formula is C16H22N2O6. The Morgan fingerprint density at radius 3 is 2.46 bits per heavy atom. The maximum absolute atomic E-state index is 12.1. The van der Waals surface area contributed by atoms with E-state index < -0.39 is 24.5 Å². The largest absolute Gasteiger partial charge is 0.493 e. The van der Waals surface area contributed by atoms with Crippen LogP contribution >= 0.6 is 0 Å². The van der Waals surface area contributed by atoms with Gasteiger partial charge in [0.1, 0.15) is 11.6 Å². The van der Waals surface area contributed by atoms with E-state index in [0.29, 0.717) is 12.3 Å². The summed E-state index contributed by atoms with van der Waals surface area (Å²) in [6.07, 6.45) is 0. The molecule has 0 aliphatic heterocycles. The molecule has 132 valence electrons. The van der Waals surface area contributed by atoms with Gasteiger partial charge in [0, 0.05) is 6.54 Å². The van der Waals surface area contributed by atoms with E-state index in [4.69, 9.17) is 14.2 Å². The molecular weight excluding hydrogens is 316 g/mol. The van der Waals surface area contributed by atoms with E-state index in [1.54, 1.807) is 19.1 Å². The van der Waals surface area contributed by atoms with Crippen molar-refractivity contribution in [2.24, 2.45) is 0 Å². The highest BCUT2D eigenvalue weighted by Crippen LogP contribution is 2.30. The lowest BCUT2D eigenvalue weighted by atomic mass is 10.2. The number of rotatable bonds is 8. The molecule has 0 aliphatic rings. The molecule has 0 aromatic heterocycles. The summed E-state index contributed by atoms with van der Waals surface area (Å²) >= 11 is 0. The third-order valence-corrected chi connectivity index (χ3v) is 3.08. The summed E-state index contributed by atoms with van der Waals surface area (Å²) < 4.78 is 15.2. The lowest BCUT2D eigenvalue weighted by Crippen LogP contribution is -2.46. The second kappa shape index (κ2) is 9.39. The number of hydrogen-bond acceptors (Lipinski definition) is 6. The van der Waals surface area contributed by atoms with Gasteiger partial charge in [-0.25, -0.2) is 4.79 Å². The third kappa shape index (κ3) is 5.15. The van der Waals surface area contributed by atoms with Crippen molar-refractivity contribution in [3.05, 3.63) is 23.8 Å². The number of methoxy groups -OCH3 is 2. The van der Waals surface area contributed by atoms with Crippen LogP contribution in [0.2, 0.25) is 0 Å². The summed E-state index contributed by atoms with van der Waals surface area (Å²) in [5.74, 6) is -1.02. The predicted octanol–water partition coefficient (Wildman–Crippen LogP) is 0.501. The molecule has 2 amide bonds. The molecule has 8 nitrogen and oxygen atoms in total. The van der Waals surface area contributed by atoms with Crippen LogP contribution in [0.25, 0.3) is 0 Å². The Labute approximate surface area is 140 Å². The van der Waals surface area contributed by atoms with Gasteiger partial charge in [-0.1, -0.05) is 6.07 Å². The zero-order valence-electron chi connectivity index (χ0n) is 14.2. The number of likely N-dealkylation sites (N-methyl/N-ethyl adjacent to an activating group) is 1. The van der Waals surface area contributed by atoms with Crippen molar-refractivity contribution in [1.82, 2.24) is 10.6 Å². The van der Waals surface area contributed by atoms with Crippen LogP contribution in [0.3, 0.4) is 0 Å². The van der Waals surface area contributed by atoms with Gasteiger partial charge < -0.3 is 24.8 Å². The number of amides is 2. The van der Waals surface area contributed by atoms with Crippen LogP contribution < -0.4 is 20.1 Å². The average Bonchev–Trinajstić information content (AvgIpc) is 2.58. The van der Waals surface area contributed by atoms with Crippen LogP contribution in [-0.4, -0.2) is 51.2 Å². The highest BCUT2D eigenvalue weighted by molar-refractivity contribution is 5.95. The molecule has 0 fully saturated rings. The number of nitrogens with one attached hydrogen (secondary N) is 2. The van der Waals surface area contributed by atoms with Gasteiger partial charge in [-0.05, 0) is 26.0 Å². The second-order valence-corrected chi connectivity index (χ2v) is 4.80. The van der Waals surface area contributed by atoms with E-state index in [0.717, 1.165) is 0 Å². The number of para-hydroxylation sites is 1. The lowest BCUT2D eigenvalue weighted by molar-refractivity contribution is -0.130. The summed E-state index contributed by atoms with van der Waals surface area (Å²) in [7, 11) is 2.85. The van der Waals surface area contributed by atoms with Gasteiger partial charge in [0.05, 0.1) is 14.2 Å². The minimum absolute atomic E-state index is 0.140. The molecule has 0 bridgehead atoms. The van der Waals surface area contributed by atoms with Gasteiger partial charge in [0.2, 0.25) is 5.91 Å². The Morgan fingerprint density at radius 2 is 1.88 bits per heavy atom. The number of ether oxygens (including phenoxy) is 3. The van der Waals surface area contributed by atoms with Gasteiger partial charge in [-0.3, -0.25) is 9.59 Å². The molecule has 0 saturated carbocycles. The van der Waals surface area contributed by atoms with Gasteiger partial charge in [-0.15, -0.1) is 0 Å². The highest BCUT2D eigenvalue weighted by Gasteiger charge is 2.20. The Bertz CT molecular complexity index is 602. The Hall–Kier alpha value is -2.77. The van der Waals surface area contributed by atoms with Crippen LogP contribution in [0.5, 0.6) is 11.5 Å². The van der Waals surface area contributed by atoms with Crippen molar-refractivity contribution in [2.75, 3.05) is 27.4 Å². The van der Waals surface area contributed by atoms with Gasteiger partial charge >= 0.3 is 5.97 Å². The minimum Gasteiger partial charge on any atom is -0.493 e. The second-order valence-electron chi connectivity index (χ2n) is 4.80. The first-order valence-corrected chi connectivity index (χ1v) is 7.39. The standard InChI is InChI=1S/C16H22N2O6/c1-5-17-15(20)10(2)18-13(19)9-24-16(21)11-7-6-8-12(22-3)14(11)23-4/h6-8,10H,5,9H2,1-4H3,(H,17,20)(H,18,19)/t10-/m0/s1. The molecule has 0 heterocycles. The average molecular weight is 338 g/mol. The van der Waals surface area contributed by atoms with Gasteiger partial charge in [0.25, 0.3) is 5.91 Å². The Kier molecular flexibility index (Phi) is 7.54. The Morgan fingerprint density at radius 1 is 1.17 bits per heavy atom. The van der Waals surface area contributed by atoms with Crippen molar-refractivity contribution in [3.63, 3.8) is 0 Å². The first-order valence-electron chi connectivity index (χ1n) is 7.39. The molecule has 0 saturated heterocycles. The van der Waals surface area contributed by atoms with Crippen molar-refractivity contribution < 1.29 is 28.6 Å². The highest BCUT2D eigenvalue weighted by atomic mass is 16.5. The third-order valence-electron chi connectivity index (χ3n) is 3.08. The molecule has 8 heteroatoms. The van der Waals surface area contributed by atoms with Crippen molar-refractivity contribution >= 4 is 17.8 Å². The molecule has 24 heavy (non-hydrogen) atoms. The molecule has 0 aliphatic carbocycles. The summed E-state index contributed by atoms with van der Waals surface area (Å²) in [5, 5.41) is 5.02. The van der Waals surface area contributed by atoms with Crippen molar-refractivity contribution in [2.45, 2.75) is 19.9 Å². The van der Waals surface area contributed by atoms with Crippen LogP contribution in [-0.2, 0) is 14.3 Å². The fourth-order valence-electron chi connectivity index (χ4n) is 1.93. The van der Waals surface area contributed by atoms with E-state index >= 15 is 0 Å². The summed E-state index contributed by atoms with van der Waals surface area (Å²) in [6.45, 7) is 3.26. The van der Waals surface area contributed by atoms with Crippen molar-refractivity contribution in [1.29, 1.82) is 0 Å². The van der Waals surface area contributed by atoms with E-state index in [-0.39, 0.29) is 17.2 Å². The summed E-state index contributed by atoms with van der Waals surface area (Å²) in [5.41, 5.74) is 0.140. The number of carbonyl (C=O) groups is 3. The van der Waals surface area contributed by atoms with Crippen LogP contribution in [0, 0.1) is 0 Å². The topological polar surface area (TPSA) is 103 Å². The SMILES string of the molecule is CCNC(=O)[C@H](C)NC(=O)COC(=O)c1cccc(OC)c1OC. The molecule has 0 spiro atoms. The maximum Gasteiger partial charge on any atom is 0.342 e. The number of carbonyl (C=O) groups excluding carboxylic acids is 3. The Balaban J connectivity index is 2.63. The van der Waals surface area contributed by atoms with E-state index in [1.807, 2.05) is 0 Å². The number of benzene rings is 1. The molecule has 0 unspecified atom stereocenters. The van der Waals surface area contributed by atoms with Crippen molar-refractivity contribution in [3.8, 4) is 11.5 Å². The summed E-state index contributed by atoms with van der Waals surface area (Å²) in [6, 6.07) is 4.02. The van der Waals surface area contributed by atoms with Crippen LogP contribution in [0.15, 0.2) is 18.2 Å². The monoisotopic (exact) mass is 338 g/mol. The summed E-state index contributed by atoms with van der Waals surface area (Å²) in [4.78, 5) is 35.4. The van der Waals surface area contributed by atoms with E-state index in [2.05, 4.69) is 10.6 Å². The van der Waals surface area contributed by atoms with Gasteiger partial charge in [0.15, 0.2) is 18.1 Å². The normalized spacial score (nSPS) is 11.2. The molecule has 1 rings (SSSR count). The molecule has 1 atom stereocenters. The smallest absolute Gasteiger partial charge is 0.342 e. The zero-order chi connectivity index (χ0) is 18.1. The first kappa shape index (κ1) is 19.3. The van der Waals surface area contributed by atoms with E-state index in [9.17, 15) is 14.4 Å². The number of esters is 1. The fourth-order valence-corrected chi connectivity index (χ4v) is 1.93. The fraction of sp³-hybridized carbons (Fsp3) is 0.438. The van der Waals surface area contributed by atoms with Gasteiger partial charge in [-0.2, -0.15) is 0 Å². The lowest BCUT2D eigenvalue weighted by Gasteiger charge is -2.14. The molecule has 1 aromatic carbocycles. The zero-order valence-corrected chi connectivity index (χ0v) is 14.2.